The molecular formula is C29H34N8O4. The molecule has 0 aromatic carbocycles. The van der Waals surface area contributed by atoms with Crippen LogP contribution in [0.2, 0.25) is 0 Å². The van der Waals surface area contributed by atoms with Crippen LogP contribution >= 0.6 is 0 Å². The molecule has 5 heterocycles. The van der Waals surface area contributed by atoms with Crippen LogP contribution in [0.15, 0.2) is 43.1 Å². The number of morpholine rings is 1. The average molecular weight is 559 g/mol. The van der Waals surface area contributed by atoms with Gasteiger partial charge in [0, 0.05) is 50.4 Å². The van der Waals surface area contributed by atoms with Gasteiger partial charge in [-0.05, 0) is 38.7 Å². The van der Waals surface area contributed by atoms with Crippen molar-refractivity contribution in [3.05, 3.63) is 59.7 Å². The monoisotopic (exact) mass is 558 g/mol. The molecule has 1 unspecified atom stereocenters. The zero-order valence-corrected chi connectivity index (χ0v) is 23.3. The summed E-state index contributed by atoms with van der Waals surface area (Å²) < 4.78 is 20.6. The van der Waals surface area contributed by atoms with Crippen LogP contribution in [0, 0.1) is 5.21 Å². The fourth-order valence-electron chi connectivity index (χ4n) is 5.61. The molecule has 0 radical (unpaired) electrons. The molecule has 41 heavy (non-hydrogen) atoms. The van der Waals surface area contributed by atoms with Crippen LogP contribution in [-0.2, 0) is 11.8 Å². The Morgan fingerprint density at radius 2 is 1.85 bits per heavy atom. The van der Waals surface area contributed by atoms with Crippen molar-refractivity contribution in [3.8, 4) is 11.6 Å². The SMILES string of the molecule is C=[N+]([O-])c1ncc(C(C)Oc2cnc3cc(N4CCOCC4)nc(OC4CCC(c5cnccn5)CC4)c3c2)n1C. The van der Waals surface area contributed by atoms with Gasteiger partial charge in [-0.25, -0.2) is 4.57 Å². The van der Waals surface area contributed by atoms with Crippen molar-refractivity contribution in [2.45, 2.75) is 50.7 Å². The molecular weight excluding hydrogens is 524 g/mol. The highest BCUT2D eigenvalue weighted by Gasteiger charge is 2.27. The van der Waals surface area contributed by atoms with E-state index in [1.807, 2.05) is 25.3 Å². The van der Waals surface area contributed by atoms with Gasteiger partial charge in [-0.3, -0.25) is 19.7 Å². The number of pyridine rings is 2. The number of anilines is 1. The minimum Gasteiger partial charge on any atom is -0.741 e. The van der Waals surface area contributed by atoms with Crippen molar-refractivity contribution in [2.24, 2.45) is 7.05 Å². The summed E-state index contributed by atoms with van der Waals surface area (Å²) in [6, 6.07) is 3.92. The standard InChI is InChI=1S/C29H34N8O4/c1-19(26-18-33-29(35(26)2)36(3)38)40-22-14-23-24(32-16-22)15-27(37-10-12-39-13-11-37)34-28(23)41-21-6-4-20(5-7-21)25-17-30-8-9-31-25/h8-9,14-21H,3-7,10-13H2,1-2H3. The van der Waals surface area contributed by atoms with Crippen LogP contribution in [0.3, 0.4) is 0 Å². The number of ether oxygens (including phenoxy) is 3. The Labute approximate surface area is 238 Å². The minimum atomic E-state index is -0.387. The van der Waals surface area contributed by atoms with Gasteiger partial charge in [0.05, 0.1) is 43.1 Å². The van der Waals surface area contributed by atoms with Crippen molar-refractivity contribution in [1.82, 2.24) is 29.5 Å². The summed E-state index contributed by atoms with van der Waals surface area (Å²) in [7, 11) is 1.76. The lowest BCUT2D eigenvalue weighted by molar-refractivity contribution is -0.362. The lowest BCUT2D eigenvalue weighted by Gasteiger charge is -2.30. The molecule has 2 fully saturated rings. The molecule has 2 aliphatic rings. The second-order valence-electron chi connectivity index (χ2n) is 10.5. The zero-order valence-electron chi connectivity index (χ0n) is 23.3. The lowest BCUT2D eigenvalue weighted by Crippen LogP contribution is -2.36. The molecule has 0 spiro atoms. The second-order valence-corrected chi connectivity index (χ2v) is 10.5. The summed E-state index contributed by atoms with van der Waals surface area (Å²) in [6.07, 6.45) is 12.1. The first-order valence-corrected chi connectivity index (χ1v) is 14.0. The Kier molecular flexibility index (Phi) is 7.64. The van der Waals surface area contributed by atoms with Crippen molar-refractivity contribution in [2.75, 3.05) is 31.2 Å². The Hall–Kier alpha value is -4.32. The van der Waals surface area contributed by atoms with E-state index in [1.54, 1.807) is 36.4 Å². The van der Waals surface area contributed by atoms with E-state index in [4.69, 9.17) is 24.2 Å². The van der Waals surface area contributed by atoms with Crippen molar-refractivity contribution >= 4 is 29.4 Å². The van der Waals surface area contributed by atoms with Crippen LogP contribution in [0.1, 0.15) is 56.0 Å². The molecule has 1 aliphatic carbocycles. The predicted molar refractivity (Wildman–Crippen MR) is 153 cm³/mol. The summed E-state index contributed by atoms with van der Waals surface area (Å²) in [5.41, 5.74) is 2.57. The zero-order chi connectivity index (χ0) is 28.3. The van der Waals surface area contributed by atoms with Crippen LogP contribution in [0.5, 0.6) is 11.6 Å². The number of rotatable bonds is 8. The van der Waals surface area contributed by atoms with Crippen molar-refractivity contribution in [1.29, 1.82) is 0 Å². The summed E-state index contributed by atoms with van der Waals surface area (Å²) in [5.74, 6) is 2.55. The van der Waals surface area contributed by atoms with Crippen molar-refractivity contribution in [3.63, 3.8) is 0 Å². The van der Waals surface area contributed by atoms with Gasteiger partial charge in [-0.2, -0.15) is 4.98 Å². The van der Waals surface area contributed by atoms with Crippen LogP contribution < -0.4 is 14.4 Å². The third kappa shape index (κ3) is 5.78. The quantitative estimate of drug-likeness (QED) is 0.135. The maximum absolute atomic E-state index is 11.7. The summed E-state index contributed by atoms with van der Waals surface area (Å²) in [5, 5.41) is 12.5. The average Bonchev–Trinajstić information content (AvgIpc) is 3.40. The van der Waals surface area contributed by atoms with E-state index in [2.05, 4.69) is 26.6 Å². The summed E-state index contributed by atoms with van der Waals surface area (Å²) >= 11 is 0. The third-order valence-electron chi connectivity index (χ3n) is 7.85. The highest BCUT2D eigenvalue weighted by atomic mass is 16.5. The van der Waals surface area contributed by atoms with Crippen LogP contribution in [0.4, 0.5) is 11.8 Å². The van der Waals surface area contributed by atoms with E-state index >= 15 is 0 Å². The Morgan fingerprint density at radius 3 is 2.56 bits per heavy atom. The number of fused-ring (bicyclic) bond motifs is 1. The normalized spacial score (nSPS) is 20.1. The lowest BCUT2D eigenvalue weighted by atomic mass is 9.85. The molecule has 214 valence electrons. The molecule has 1 aliphatic heterocycles. The Bertz CT molecular complexity index is 1510. The van der Waals surface area contributed by atoms with Gasteiger partial charge in [0.1, 0.15) is 23.9 Å². The molecule has 6 rings (SSSR count). The molecule has 12 nitrogen and oxygen atoms in total. The van der Waals surface area contributed by atoms with Gasteiger partial charge in [-0.1, -0.05) is 4.98 Å². The van der Waals surface area contributed by atoms with Gasteiger partial charge in [0.15, 0.2) is 11.8 Å². The summed E-state index contributed by atoms with van der Waals surface area (Å²) in [4.78, 5) is 24.8. The van der Waals surface area contributed by atoms with E-state index in [1.165, 1.54) is 0 Å². The fourth-order valence-corrected chi connectivity index (χ4v) is 5.61. The number of hydrogen-bond acceptors (Lipinski definition) is 10. The van der Waals surface area contributed by atoms with Gasteiger partial charge < -0.3 is 24.3 Å². The first-order valence-electron chi connectivity index (χ1n) is 14.0. The topological polar surface area (TPSA) is 126 Å². The number of hydrogen-bond donors (Lipinski definition) is 0. The van der Waals surface area contributed by atoms with E-state index in [0.717, 1.165) is 66.9 Å². The number of aromatic nitrogens is 6. The molecule has 0 N–H and O–H groups in total. The smallest absolute Gasteiger partial charge is 0.398 e. The third-order valence-corrected chi connectivity index (χ3v) is 7.85. The highest BCUT2D eigenvalue weighted by molar-refractivity contribution is 5.87. The van der Waals surface area contributed by atoms with Gasteiger partial charge in [0.25, 0.3) is 0 Å². The maximum Gasteiger partial charge on any atom is 0.398 e. The number of imidazole rings is 1. The molecule has 4 aromatic heterocycles. The number of nitrogens with zero attached hydrogens (tertiary/aromatic N) is 8. The Balaban J connectivity index is 1.26. The maximum atomic E-state index is 11.7. The van der Waals surface area contributed by atoms with Gasteiger partial charge in [0.2, 0.25) is 5.88 Å². The minimum absolute atomic E-state index is 0.0348. The van der Waals surface area contributed by atoms with Crippen molar-refractivity contribution < 1.29 is 18.9 Å². The molecule has 12 heteroatoms. The van der Waals surface area contributed by atoms with E-state index in [-0.39, 0.29) is 18.2 Å². The molecule has 0 bridgehead atoms. The van der Waals surface area contributed by atoms with E-state index in [9.17, 15) is 5.21 Å². The molecule has 0 amide bonds. The largest absolute Gasteiger partial charge is 0.741 e. The molecule has 1 atom stereocenters. The van der Waals surface area contributed by atoms with E-state index in [0.29, 0.717) is 35.5 Å². The molecule has 1 saturated carbocycles. The van der Waals surface area contributed by atoms with Gasteiger partial charge in [-0.15, -0.1) is 0 Å². The summed E-state index contributed by atoms with van der Waals surface area (Å²) in [6.45, 7) is 8.13. The Morgan fingerprint density at radius 1 is 1.05 bits per heavy atom. The highest BCUT2D eigenvalue weighted by Crippen LogP contribution is 2.36. The van der Waals surface area contributed by atoms with Gasteiger partial charge >= 0.3 is 5.95 Å². The predicted octanol–water partition coefficient (Wildman–Crippen LogP) is 4.08. The molecule has 4 aromatic rings. The van der Waals surface area contributed by atoms with Crippen LogP contribution in [0.25, 0.3) is 10.9 Å². The van der Waals surface area contributed by atoms with E-state index < -0.39 is 0 Å². The molecule has 1 saturated heterocycles. The van der Waals surface area contributed by atoms with Crippen LogP contribution in [-0.4, -0.2) is 73.4 Å². The fraction of sp³-hybridized carbons (Fsp3) is 0.448. The second kappa shape index (κ2) is 11.7. The first kappa shape index (κ1) is 26.9. The first-order chi connectivity index (χ1) is 20.0.